The van der Waals surface area contributed by atoms with Gasteiger partial charge in [0, 0.05) is 134 Å². The van der Waals surface area contributed by atoms with E-state index in [2.05, 4.69) is 0 Å². The number of aryl methyl sites for hydroxylation is 1. The van der Waals surface area contributed by atoms with Gasteiger partial charge in [0.2, 0.25) is 17.0 Å². The Morgan fingerprint density at radius 2 is 1.23 bits per heavy atom. The van der Waals surface area contributed by atoms with Gasteiger partial charge in [0.1, 0.15) is 7.05 Å². The van der Waals surface area contributed by atoms with Crippen molar-refractivity contribution in [1.29, 1.82) is 0 Å². The number of likely N-dealkylation sites (N-methyl/N-ethyl adjacent to an activating group) is 1. The molecule has 1 aliphatic heterocycles. The number of benzene rings is 2. The van der Waals surface area contributed by atoms with E-state index in [1.165, 1.54) is 7.11 Å². The summed E-state index contributed by atoms with van der Waals surface area (Å²) in [4.78, 5) is 62.4. The Morgan fingerprint density at radius 3 is 1.66 bits per heavy atom. The van der Waals surface area contributed by atoms with Gasteiger partial charge in [-0.05, 0) is 17.7 Å². The molecule has 1 aromatic heterocycles. The zero-order chi connectivity index (χ0) is 38.1. The largest absolute Gasteiger partial charge is 0.562 e. The van der Waals surface area contributed by atoms with E-state index in [1.807, 2.05) is 41.3 Å². The van der Waals surface area contributed by atoms with Crippen LogP contribution in [0.3, 0.4) is 0 Å². The third kappa shape index (κ3) is 12.3. The Balaban J connectivity index is 0.00000756. The summed E-state index contributed by atoms with van der Waals surface area (Å²) in [5.74, 6) is -3.25. The van der Waals surface area contributed by atoms with Crippen molar-refractivity contribution in [3.8, 4) is 0 Å². The molecule has 1 radical (unpaired) electrons. The number of fused-ring (bicyclic) bond motifs is 3. The van der Waals surface area contributed by atoms with Crippen molar-refractivity contribution >= 4 is 63.9 Å². The maximum absolute atomic E-state index is 13.7. The van der Waals surface area contributed by atoms with Gasteiger partial charge in [-0.2, -0.15) is 0 Å². The molecule has 1 saturated heterocycles. The Hall–Kier alpha value is -2.84. The molecule has 0 atom stereocenters. The van der Waals surface area contributed by atoms with Crippen LogP contribution in [-0.4, -0.2) is 181 Å². The minimum absolute atomic E-state index is 0. The number of anilines is 1. The smallest absolute Gasteiger partial charge is 0.480 e. The molecule has 2 aromatic carbocycles. The second-order valence-electron chi connectivity index (χ2n) is 13.1. The van der Waals surface area contributed by atoms with Crippen LogP contribution in [-0.2, 0) is 37.6 Å². The van der Waals surface area contributed by atoms with Crippen molar-refractivity contribution in [3.63, 3.8) is 0 Å². The van der Waals surface area contributed by atoms with Gasteiger partial charge in [-0.1, -0.05) is 18.2 Å². The average molecular weight is 879 g/mol. The number of amides is 1. The minimum atomic E-state index is -1.75. The standard InChI is InChI=1S/C34H48BN7O10.Eu/c1-36(19-24-8-9-27-26(18-24)25-6-5-7-28(38(3)52-4)33(25)34(35(50)51)37(27)2)29(43)20-39-10-12-40(21-30(44)45)14-16-42(23-32(48)49)17-15-41(13-11-39)22-31(46)47;/h5-9,18,50-51H,10-17,19-23H2,1-4H3,(H2-,44,45,46,47,48,49);/p+1. The zero-order valence-electron chi connectivity index (χ0n) is 30.5. The average Bonchev–Trinajstić information content (AvgIpc) is 3.08. The Kier molecular flexibility index (Phi) is 17.4. The summed E-state index contributed by atoms with van der Waals surface area (Å²) in [6.45, 7) is 1.98. The van der Waals surface area contributed by atoms with E-state index in [4.69, 9.17) is 4.84 Å². The van der Waals surface area contributed by atoms with Crippen LogP contribution in [0.5, 0.6) is 0 Å². The molecule has 0 aliphatic carbocycles. The molecule has 0 saturated carbocycles. The molecule has 1 amide bonds. The van der Waals surface area contributed by atoms with Gasteiger partial charge in [0.05, 0.1) is 49.7 Å². The molecule has 4 rings (SSSR count). The van der Waals surface area contributed by atoms with E-state index in [9.17, 15) is 44.5 Å². The number of pyridine rings is 1. The first-order valence-electron chi connectivity index (χ1n) is 17.0. The van der Waals surface area contributed by atoms with E-state index >= 15 is 0 Å². The zero-order valence-corrected chi connectivity index (χ0v) is 32.9. The summed E-state index contributed by atoms with van der Waals surface area (Å²) in [7, 11) is 4.95. The predicted molar refractivity (Wildman–Crippen MR) is 193 cm³/mol. The topological polar surface area (TPSA) is 202 Å². The van der Waals surface area contributed by atoms with E-state index in [0.29, 0.717) is 42.8 Å². The van der Waals surface area contributed by atoms with Gasteiger partial charge < -0.3 is 30.3 Å². The number of carboxylic acids is 3. The van der Waals surface area contributed by atoms with Crippen LogP contribution in [0.1, 0.15) is 5.56 Å². The normalized spacial score (nSPS) is 15.7. The third-order valence-corrected chi connectivity index (χ3v) is 9.44. The molecule has 289 valence electrons. The Bertz CT molecular complexity index is 1740. The number of rotatable bonds is 13. The first kappa shape index (κ1) is 44.6. The fourth-order valence-electron chi connectivity index (χ4n) is 6.64. The molecule has 1 fully saturated rings. The van der Waals surface area contributed by atoms with Crippen LogP contribution >= 0.6 is 0 Å². The second-order valence-corrected chi connectivity index (χ2v) is 13.1. The maximum Gasteiger partial charge on any atom is 0.562 e. The SMILES string of the molecule is CON(C)c1cccc2c1c(B(O)O)[n+](C)c1ccc(CN(C)C(=O)CN3CCN(CC(=O)O)CCN(CC(=O)O)CCN(CC(=O)O)CC3)cc21.[Eu]. The van der Waals surface area contributed by atoms with Crippen LogP contribution < -0.4 is 15.2 Å². The van der Waals surface area contributed by atoms with Gasteiger partial charge in [0.25, 0.3) is 0 Å². The van der Waals surface area contributed by atoms with Gasteiger partial charge in [0.15, 0.2) is 0 Å². The molecule has 0 bridgehead atoms. The number of carboxylic acid groups (broad SMARTS) is 3. The number of hydrogen-bond acceptors (Lipinski definition) is 12. The summed E-state index contributed by atoms with van der Waals surface area (Å²) < 4.78 is 1.73. The van der Waals surface area contributed by atoms with E-state index in [0.717, 1.165) is 21.9 Å². The van der Waals surface area contributed by atoms with Gasteiger partial charge in [-0.25, -0.2) is 4.57 Å². The summed E-state index contributed by atoms with van der Waals surface area (Å²) in [6, 6.07) is 11.3. The summed E-state index contributed by atoms with van der Waals surface area (Å²) in [5, 5.41) is 53.0. The molecule has 3 aromatic rings. The van der Waals surface area contributed by atoms with Gasteiger partial charge in [-0.3, -0.25) is 48.7 Å². The summed E-state index contributed by atoms with van der Waals surface area (Å²) in [5.41, 5.74) is 2.54. The van der Waals surface area contributed by atoms with Crippen LogP contribution in [0.2, 0.25) is 0 Å². The molecule has 53 heavy (non-hydrogen) atoms. The Labute approximate surface area is 349 Å². The predicted octanol–water partition coefficient (Wildman–Crippen LogP) is -2.07. The van der Waals surface area contributed by atoms with Crippen molar-refractivity contribution in [2.24, 2.45) is 7.05 Å². The van der Waals surface area contributed by atoms with E-state index in [-0.39, 0.29) is 114 Å². The van der Waals surface area contributed by atoms with Crippen molar-refractivity contribution in [2.75, 3.05) is 105 Å². The fraction of sp³-hybridized carbons (Fsp3) is 0.500. The first-order chi connectivity index (χ1) is 24.7. The number of aromatic nitrogens is 1. The van der Waals surface area contributed by atoms with E-state index in [1.54, 1.807) is 50.4 Å². The summed E-state index contributed by atoms with van der Waals surface area (Å²) >= 11 is 0. The van der Waals surface area contributed by atoms with Gasteiger partial charge >= 0.3 is 25.0 Å². The Morgan fingerprint density at radius 1 is 0.755 bits per heavy atom. The molecule has 0 unspecified atom stereocenters. The minimum Gasteiger partial charge on any atom is -0.480 e. The molecule has 1 aliphatic rings. The molecule has 17 nitrogen and oxygen atoms in total. The molecule has 5 N–H and O–H groups in total. The van der Waals surface area contributed by atoms with Crippen molar-refractivity contribution in [3.05, 3.63) is 42.0 Å². The monoisotopic (exact) mass is 879 g/mol. The van der Waals surface area contributed by atoms with Crippen molar-refractivity contribution < 1.29 is 103 Å². The second kappa shape index (κ2) is 20.7. The van der Waals surface area contributed by atoms with Crippen LogP contribution in [0, 0.1) is 49.4 Å². The van der Waals surface area contributed by atoms with Crippen LogP contribution in [0.25, 0.3) is 21.7 Å². The number of carbonyl (C=O) groups excluding carboxylic acids is 1. The third-order valence-electron chi connectivity index (χ3n) is 9.44. The molecule has 2 heterocycles. The van der Waals surface area contributed by atoms with Crippen molar-refractivity contribution in [2.45, 2.75) is 6.54 Å². The number of nitrogens with zero attached hydrogens (tertiary/aromatic N) is 7. The molecule has 0 spiro atoms. The maximum atomic E-state index is 13.7. The number of aliphatic carboxylic acids is 3. The summed E-state index contributed by atoms with van der Waals surface area (Å²) in [6.07, 6.45) is 0. The van der Waals surface area contributed by atoms with Crippen LogP contribution in [0.15, 0.2) is 36.4 Å². The number of carbonyl (C=O) groups is 4. The fourth-order valence-corrected chi connectivity index (χ4v) is 6.64. The molecular formula is C34H49BEuN7O10+. The molecular weight excluding hydrogens is 829 g/mol. The number of hydrogen-bond donors (Lipinski definition) is 5. The van der Waals surface area contributed by atoms with Crippen LogP contribution in [0.4, 0.5) is 5.69 Å². The quantitative estimate of drug-likeness (QED) is 0.0543. The first-order valence-corrected chi connectivity index (χ1v) is 17.0. The van der Waals surface area contributed by atoms with E-state index < -0.39 is 25.0 Å². The van der Waals surface area contributed by atoms with Crippen molar-refractivity contribution in [1.82, 2.24) is 24.5 Å². The molecule has 19 heteroatoms. The van der Waals surface area contributed by atoms with Gasteiger partial charge in [-0.15, -0.1) is 0 Å². The number of hydroxylamine groups is 1.